The lowest BCUT2D eigenvalue weighted by Gasteiger charge is -2.18. The Kier molecular flexibility index (Phi) is 4.40. The van der Waals surface area contributed by atoms with Crippen LogP contribution in [0.25, 0.3) is 10.8 Å². The van der Waals surface area contributed by atoms with E-state index in [9.17, 15) is 9.90 Å². The highest BCUT2D eigenvalue weighted by molar-refractivity contribution is 5.88. The number of aliphatic hydroxyl groups excluding tert-OH is 1. The number of fused-ring (bicyclic) bond motifs is 1. The number of aryl methyl sites for hydroxylation is 1. The molecule has 20 heavy (non-hydrogen) atoms. The number of hydrogen-bond donors (Lipinski definition) is 2. The van der Waals surface area contributed by atoms with Gasteiger partial charge in [-0.25, -0.2) is 0 Å². The molecule has 3 heteroatoms. The summed E-state index contributed by atoms with van der Waals surface area (Å²) in [7, 11) is 0. The van der Waals surface area contributed by atoms with Crippen LogP contribution in [0.3, 0.4) is 0 Å². The highest BCUT2D eigenvalue weighted by Gasteiger charge is 2.17. The molecule has 3 nitrogen and oxygen atoms in total. The Labute approximate surface area is 118 Å². The van der Waals surface area contributed by atoms with Crippen molar-refractivity contribution in [2.24, 2.45) is 5.92 Å². The zero-order valence-corrected chi connectivity index (χ0v) is 11.8. The van der Waals surface area contributed by atoms with Gasteiger partial charge in [0.1, 0.15) is 0 Å². The standard InChI is InChI=1S/C17H20O3/c1-11(10-17(19)20)9-16(18)15-8-7-12(2)13-5-3-4-6-14(13)15/h3-8,11,16,18H,9-10H2,1-2H3,(H,19,20). The average molecular weight is 272 g/mol. The minimum absolute atomic E-state index is 0.0532. The van der Waals surface area contributed by atoms with Crippen LogP contribution in [-0.2, 0) is 4.79 Å². The molecular weight excluding hydrogens is 252 g/mol. The van der Waals surface area contributed by atoms with Crippen LogP contribution in [0.4, 0.5) is 0 Å². The van der Waals surface area contributed by atoms with E-state index in [-0.39, 0.29) is 12.3 Å². The van der Waals surface area contributed by atoms with Crippen molar-refractivity contribution in [1.82, 2.24) is 0 Å². The van der Waals surface area contributed by atoms with Crippen LogP contribution in [0.1, 0.15) is 37.0 Å². The predicted octanol–water partition coefficient (Wildman–Crippen LogP) is 3.68. The third kappa shape index (κ3) is 3.17. The molecule has 0 aromatic heterocycles. The van der Waals surface area contributed by atoms with Crippen LogP contribution in [-0.4, -0.2) is 16.2 Å². The maximum atomic E-state index is 10.7. The summed E-state index contributed by atoms with van der Waals surface area (Å²) < 4.78 is 0. The lowest BCUT2D eigenvalue weighted by atomic mass is 9.91. The quantitative estimate of drug-likeness (QED) is 0.873. The zero-order valence-electron chi connectivity index (χ0n) is 11.8. The van der Waals surface area contributed by atoms with Crippen LogP contribution in [0, 0.1) is 12.8 Å². The molecule has 0 saturated heterocycles. The van der Waals surface area contributed by atoms with E-state index >= 15 is 0 Å². The summed E-state index contributed by atoms with van der Waals surface area (Å²) in [6.45, 7) is 3.90. The fourth-order valence-electron chi connectivity index (χ4n) is 2.65. The summed E-state index contributed by atoms with van der Waals surface area (Å²) in [4.78, 5) is 10.7. The van der Waals surface area contributed by atoms with Gasteiger partial charge in [0.15, 0.2) is 0 Å². The molecule has 0 fully saturated rings. The largest absolute Gasteiger partial charge is 0.481 e. The van der Waals surface area contributed by atoms with E-state index in [2.05, 4.69) is 0 Å². The molecule has 106 valence electrons. The maximum absolute atomic E-state index is 10.7. The molecule has 0 amide bonds. The summed E-state index contributed by atoms with van der Waals surface area (Å²) in [5, 5.41) is 21.4. The van der Waals surface area contributed by atoms with Gasteiger partial charge in [0.2, 0.25) is 0 Å². The molecule has 0 aliphatic heterocycles. The summed E-state index contributed by atoms with van der Waals surface area (Å²) in [5.74, 6) is -0.874. The maximum Gasteiger partial charge on any atom is 0.303 e. The molecule has 0 aliphatic rings. The Balaban J connectivity index is 2.28. The minimum Gasteiger partial charge on any atom is -0.481 e. The second kappa shape index (κ2) is 6.06. The third-order valence-electron chi connectivity index (χ3n) is 3.68. The summed E-state index contributed by atoms with van der Waals surface area (Å²) in [6, 6.07) is 11.9. The van der Waals surface area contributed by atoms with Gasteiger partial charge in [0.25, 0.3) is 0 Å². The second-order valence-electron chi connectivity index (χ2n) is 5.47. The van der Waals surface area contributed by atoms with E-state index in [0.29, 0.717) is 6.42 Å². The smallest absolute Gasteiger partial charge is 0.303 e. The number of carboxylic acid groups (broad SMARTS) is 1. The molecule has 2 rings (SSSR count). The van der Waals surface area contributed by atoms with Crippen LogP contribution in [0.2, 0.25) is 0 Å². The van der Waals surface area contributed by atoms with E-state index < -0.39 is 12.1 Å². The Morgan fingerprint density at radius 2 is 1.80 bits per heavy atom. The number of benzene rings is 2. The Morgan fingerprint density at radius 1 is 1.15 bits per heavy atom. The van der Waals surface area contributed by atoms with E-state index in [1.54, 1.807) is 0 Å². The van der Waals surface area contributed by atoms with Crippen LogP contribution in [0.15, 0.2) is 36.4 Å². The highest BCUT2D eigenvalue weighted by atomic mass is 16.4. The molecule has 0 saturated carbocycles. The second-order valence-corrected chi connectivity index (χ2v) is 5.47. The van der Waals surface area contributed by atoms with Crippen molar-refractivity contribution in [3.63, 3.8) is 0 Å². The van der Waals surface area contributed by atoms with Crippen molar-refractivity contribution in [2.45, 2.75) is 32.8 Å². The summed E-state index contributed by atoms with van der Waals surface area (Å²) in [6.07, 6.45) is -0.0879. The van der Waals surface area contributed by atoms with E-state index in [1.807, 2.05) is 50.2 Å². The van der Waals surface area contributed by atoms with Gasteiger partial charge in [0.05, 0.1) is 6.10 Å². The van der Waals surface area contributed by atoms with E-state index in [0.717, 1.165) is 16.3 Å². The molecule has 2 N–H and O–H groups in total. The van der Waals surface area contributed by atoms with Crippen molar-refractivity contribution in [3.8, 4) is 0 Å². The van der Waals surface area contributed by atoms with Crippen molar-refractivity contribution in [2.75, 3.05) is 0 Å². The molecule has 2 aromatic rings. The summed E-state index contributed by atoms with van der Waals surface area (Å²) >= 11 is 0. The Hall–Kier alpha value is -1.87. The normalized spacial score (nSPS) is 14.2. The van der Waals surface area contributed by atoms with Gasteiger partial charge >= 0.3 is 5.97 Å². The van der Waals surface area contributed by atoms with Gasteiger partial charge in [-0.15, -0.1) is 0 Å². The topological polar surface area (TPSA) is 57.5 Å². The van der Waals surface area contributed by atoms with Gasteiger partial charge in [-0.3, -0.25) is 4.79 Å². The number of rotatable bonds is 5. The Bertz CT molecular complexity index is 619. The highest BCUT2D eigenvalue weighted by Crippen LogP contribution is 2.30. The molecule has 0 bridgehead atoms. The zero-order chi connectivity index (χ0) is 14.7. The molecule has 2 aromatic carbocycles. The number of aliphatic hydroxyl groups is 1. The van der Waals surface area contributed by atoms with Crippen molar-refractivity contribution in [3.05, 3.63) is 47.5 Å². The SMILES string of the molecule is Cc1ccc(C(O)CC(C)CC(=O)O)c2ccccc12. The first-order valence-corrected chi connectivity index (χ1v) is 6.87. The van der Waals surface area contributed by atoms with Gasteiger partial charge in [-0.05, 0) is 41.2 Å². The van der Waals surface area contributed by atoms with Crippen LogP contribution in [0.5, 0.6) is 0 Å². The van der Waals surface area contributed by atoms with Gasteiger partial charge < -0.3 is 10.2 Å². The van der Waals surface area contributed by atoms with E-state index in [1.165, 1.54) is 5.56 Å². The monoisotopic (exact) mass is 272 g/mol. The average Bonchev–Trinajstić information content (AvgIpc) is 2.38. The minimum atomic E-state index is -0.821. The van der Waals surface area contributed by atoms with Gasteiger partial charge in [-0.1, -0.05) is 43.3 Å². The fourth-order valence-corrected chi connectivity index (χ4v) is 2.65. The van der Waals surface area contributed by atoms with E-state index in [4.69, 9.17) is 5.11 Å². The number of hydrogen-bond acceptors (Lipinski definition) is 2. The molecule has 0 spiro atoms. The first kappa shape index (κ1) is 14.5. The van der Waals surface area contributed by atoms with Crippen LogP contribution >= 0.6 is 0 Å². The molecule has 0 radical (unpaired) electrons. The molecular formula is C17H20O3. The lowest BCUT2D eigenvalue weighted by Crippen LogP contribution is -2.09. The number of aliphatic carboxylic acids is 1. The van der Waals surface area contributed by atoms with Crippen molar-refractivity contribution in [1.29, 1.82) is 0 Å². The number of carbonyl (C=O) groups is 1. The molecule has 0 aliphatic carbocycles. The summed E-state index contributed by atoms with van der Waals surface area (Å²) in [5.41, 5.74) is 2.05. The predicted molar refractivity (Wildman–Crippen MR) is 79.7 cm³/mol. The van der Waals surface area contributed by atoms with Gasteiger partial charge in [0, 0.05) is 6.42 Å². The first-order chi connectivity index (χ1) is 9.49. The van der Waals surface area contributed by atoms with Gasteiger partial charge in [-0.2, -0.15) is 0 Å². The van der Waals surface area contributed by atoms with Crippen molar-refractivity contribution < 1.29 is 15.0 Å². The fraction of sp³-hybridized carbons (Fsp3) is 0.353. The molecule has 0 heterocycles. The van der Waals surface area contributed by atoms with Crippen LogP contribution < -0.4 is 0 Å². The Morgan fingerprint density at radius 3 is 2.45 bits per heavy atom. The van der Waals surface area contributed by atoms with Crippen molar-refractivity contribution >= 4 is 16.7 Å². The number of carboxylic acids is 1. The lowest BCUT2D eigenvalue weighted by molar-refractivity contribution is -0.138. The molecule has 2 unspecified atom stereocenters. The molecule has 2 atom stereocenters. The first-order valence-electron chi connectivity index (χ1n) is 6.87. The third-order valence-corrected chi connectivity index (χ3v) is 3.68.